The van der Waals surface area contributed by atoms with Gasteiger partial charge < -0.3 is 0 Å². The van der Waals surface area contributed by atoms with E-state index in [1.54, 1.807) is 11.3 Å². The Labute approximate surface area is 135 Å². The zero-order chi connectivity index (χ0) is 15.2. The van der Waals surface area contributed by atoms with Gasteiger partial charge >= 0.3 is 0 Å². The topological polar surface area (TPSA) is 50.3 Å². The minimum atomic E-state index is -2.86. The molecule has 1 atom stereocenters. The Balaban J connectivity index is 1.57. The lowest BCUT2D eigenvalue weighted by Crippen LogP contribution is -2.52. The van der Waals surface area contributed by atoms with Gasteiger partial charge in [-0.25, -0.2) is 13.4 Å². The molecule has 2 fully saturated rings. The van der Waals surface area contributed by atoms with E-state index in [0.29, 0.717) is 24.0 Å². The number of aromatic nitrogens is 1. The van der Waals surface area contributed by atoms with Gasteiger partial charge in [-0.05, 0) is 30.9 Å². The molecule has 1 saturated heterocycles. The predicted octanol–water partition coefficient (Wildman–Crippen LogP) is 2.70. The second-order valence-electron chi connectivity index (χ2n) is 6.42. The standard InChI is InChI=1S/C16H20N2O2S2/c19-22(20)9-8-18(14(11-22)12-4-3-5-12)10-16-17-13-6-1-2-7-15(13)21-16/h1-2,6-7,12,14H,3-5,8-11H2. The first kappa shape index (κ1) is 14.6. The van der Waals surface area contributed by atoms with Gasteiger partial charge in [-0.3, -0.25) is 4.90 Å². The Morgan fingerprint density at radius 1 is 1.27 bits per heavy atom. The summed E-state index contributed by atoms with van der Waals surface area (Å²) in [5.41, 5.74) is 1.05. The molecule has 0 N–H and O–H groups in total. The molecule has 1 aliphatic carbocycles. The number of fused-ring (bicyclic) bond motifs is 1. The molecule has 0 radical (unpaired) electrons. The normalized spacial score (nSPS) is 26.1. The molecule has 1 unspecified atom stereocenters. The summed E-state index contributed by atoms with van der Waals surface area (Å²) >= 11 is 1.73. The smallest absolute Gasteiger partial charge is 0.153 e. The zero-order valence-corrected chi connectivity index (χ0v) is 14.1. The largest absolute Gasteiger partial charge is 0.291 e. The van der Waals surface area contributed by atoms with Crippen LogP contribution in [0.3, 0.4) is 0 Å². The number of rotatable bonds is 3. The SMILES string of the molecule is O=S1(=O)CCN(Cc2nc3ccccc3s2)C(C2CCC2)C1. The van der Waals surface area contributed by atoms with Crippen LogP contribution in [0, 0.1) is 5.92 Å². The first-order valence-corrected chi connectivity index (χ1v) is 10.5. The molecule has 118 valence electrons. The molecule has 6 heteroatoms. The van der Waals surface area contributed by atoms with Crippen molar-refractivity contribution in [1.29, 1.82) is 0 Å². The molecule has 2 aliphatic rings. The Kier molecular flexibility index (Phi) is 3.71. The third-order valence-corrected chi connectivity index (χ3v) is 7.63. The van der Waals surface area contributed by atoms with E-state index in [4.69, 9.17) is 4.98 Å². The van der Waals surface area contributed by atoms with E-state index < -0.39 is 9.84 Å². The van der Waals surface area contributed by atoms with E-state index in [0.717, 1.165) is 17.1 Å². The van der Waals surface area contributed by atoms with Crippen LogP contribution < -0.4 is 0 Å². The van der Waals surface area contributed by atoms with E-state index in [9.17, 15) is 8.42 Å². The highest BCUT2D eigenvalue weighted by molar-refractivity contribution is 7.91. The monoisotopic (exact) mass is 336 g/mol. The van der Waals surface area contributed by atoms with Crippen molar-refractivity contribution in [2.24, 2.45) is 5.92 Å². The molecule has 0 spiro atoms. The number of hydrogen-bond donors (Lipinski definition) is 0. The fourth-order valence-corrected chi connectivity index (χ4v) is 6.16. The van der Waals surface area contributed by atoms with Gasteiger partial charge in [0.2, 0.25) is 0 Å². The number of thiazole rings is 1. The summed E-state index contributed by atoms with van der Waals surface area (Å²) in [6.45, 7) is 1.44. The molecule has 1 aliphatic heterocycles. The van der Waals surface area contributed by atoms with Crippen LogP contribution in [0.4, 0.5) is 0 Å². The molecular formula is C16H20N2O2S2. The lowest BCUT2D eigenvalue weighted by atomic mass is 9.79. The average molecular weight is 336 g/mol. The Hall–Kier alpha value is -0.980. The lowest BCUT2D eigenvalue weighted by Gasteiger charge is -2.43. The molecule has 1 aromatic carbocycles. The van der Waals surface area contributed by atoms with Crippen molar-refractivity contribution in [1.82, 2.24) is 9.88 Å². The highest BCUT2D eigenvalue weighted by Gasteiger charge is 2.38. The molecule has 22 heavy (non-hydrogen) atoms. The van der Waals surface area contributed by atoms with Crippen molar-refractivity contribution in [3.05, 3.63) is 29.3 Å². The van der Waals surface area contributed by atoms with Crippen LogP contribution in [0.1, 0.15) is 24.3 Å². The Morgan fingerprint density at radius 3 is 2.82 bits per heavy atom. The van der Waals surface area contributed by atoms with Crippen LogP contribution in [0.5, 0.6) is 0 Å². The maximum absolute atomic E-state index is 12.0. The Bertz CT molecular complexity index is 747. The van der Waals surface area contributed by atoms with E-state index >= 15 is 0 Å². The summed E-state index contributed by atoms with van der Waals surface area (Å²) < 4.78 is 25.2. The van der Waals surface area contributed by atoms with Crippen molar-refractivity contribution < 1.29 is 8.42 Å². The molecule has 4 rings (SSSR count). The van der Waals surface area contributed by atoms with Crippen molar-refractivity contribution in [2.45, 2.75) is 31.8 Å². The number of sulfone groups is 1. The molecule has 2 aromatic rings. The highest BCUT2D eigenvalue weighted by Crippen LogP contribution is 2.35. The van der Waals surface area contributed by atoms with E-state index in [1.807, 2.05) is 18.2 Å². The minimum absolute atomic E-state index is 0.194. The summed E-state index contributed by atoms with van der Waals surface area (Å²) in [7, 11) is -2.86. The number of para-hydroxylation sites is 1. The van der Waals surface area contributed by atoms with Gasteiger partial charge in [-0.1, -0.05) is 18.6 Å². The number of nitrogens with zero attached hydrogens (tertiary/aromatic N) is 2. The lowest BCUT2D eigenvalue weighted by molar-refractivity contribution is 0.103. The molecule has 2 heterocycles. The summed E-state index contributed by atoms with van der Waals surface area (Å²) in [5.74, 6) is 1.19. The fourth-order valence-electron chi connectivity index (χ4n) is 3.49. The maximum atomic E-state index is 12.0. The van der Waals surface area contributed by atoms with Crippen LogP contribution in [0.2, 0.25) is 0 Å². The first-order valence-electron chi connectivity index (χ1n) is 7.90. The molecule has 0 amide bonds. The van der Waals surface area contributed by atoms with E-state index in [1.165, 1.54) is 24.0 Å². The van der Waals surface area contributed by atoms with Crippen molar-refractivity contribution in [3.63, 3.8) is 0 Å². The second-order valence-corrected chi connectivity index (χ2v) is 9.76. The predicted molar refractivity (Wildman–Crippen MR) is 89.8 cm³/mol. The summed E-state index contributed by atoms with van der Waals surface area (Å²) in [4.78, 5) is 7.07. The van der Waals surface area contributed by atoms with E-state index in [2.05, 4.69) is 11.0 Å². The van der Waals surface area contributed by atoms with Crippen LogP contribution >= 0.6 is 11.3 Å². The van der Waals surface area contributed by atoms with Gasteiger partial charge in [0.05, 0.1) is 28.3 Å². The molecule has 4 nitrogen and oxygen atoms in total. The van der Waals surface area contributed by atoms with Crippen LogP contribution in [0.15, 0.2) is 24.3 Å². The van der Waals surface area contributed by atoms with Crippen LogP contribution in [0.25, 0.3) is 10.2 Å². The number of benzene rings is 1. The van der Waals surface area contributed by atoms with Gasteiger partial charge in [-0.15, -0.1) is 11.3 Å². The van der Waals surface area contributed by atoms with Crippen molar-refractivity contribution >= 4 is 31.4 Å². The molecular weight excluding hydrogens is 316 g/mol. The fraction of sp³-hybridized carbons (Fsp3) is 0.562. The van der Waals surface area contributed by atoms with Gasteiger partial charge in [-0.2, -0.15) is 0 Å². The Morgan fingerprint density at radius 2 is 2.09 bits per heavy atom. The number of hydrogen-bond acceptors (Lipinski definition) is 5. The third-order valence-electron chi connectivity index (χ3n) is 4.95. The average Bonchev–Trinajstić information content (AvgIpc) is 2.82. The molecule has 1 aromatic heterocycles. The second kappa shape index (κ2) is 5.58. The van der Waals surface area contributed by atoms with Crippen molar-refractivity contribution in [2.75, 3.05) is 18.1 Å². The third kappa shape index (κ3) is 2.79. The van der Waals surface area contributed by atoms with Gasteiger partial charge in [0, 0.05) is 12.6 Å². The van der Waals surface area contributed by atoms with Gasteiger partial charge in [0.15, 0.2) is 9.84 Å². The van der Waals surface area contributed by atoms with Crippen LogP contribution in [-0.2, 0) is 16.4 Å². The zero-order valence-electron chi connectivity index (χ0n) is 12.4. The van der Waals surface area contributed by atoms with Crippen LogP contribution in [-0.4, -0.2) is 42.4 Å². The maximum Gasteiger partial charge on any atom is 0.153 e. The molecule has 1 saturated carbocycles. The highest BCUT2D eigenvalue weighted by atomic mass is 32.2. The van der Waals surface area contributed by atoms with E-state index in [-0.39, 0.29) is 6.04 Å². The summed E-state index contributed by atoms with van der Waals surface area (Å²) in [6.07, 6.45) is 3.60. The summed E-state index contributed by atoms with van der Waals surface area (Å²) in [6, 6.07) is 8.38. The summed E-state index contributed by atoms with van der Waals surface area (Å²) in [5, 5.41) is 1.10. The quantitative estimate of drug-likeness (QED) is 0.865. The van der Waals surface area contributed by atoms with Gasteiger partial charge in [0.1, 0.15) is 5.01 Å². The minimum Gasteiger partial charge on any atom is -0.291 e. The van der Waals surface area contributed by atoms with Crippen molar-refractivity contribution in [3.8, 4) is 0 Å². The molecule has 0 bridgehead atoms. The first-order chi connectivity index (χ1) is 10.6. The van der Waals surface area contributed by atoms with Gasteiger partial charge in [0.25, 0.3) is 0 Å².